The van der Waals surface area contributed by atoms with E-state index in [1.165, 1.54) is 88.6 Å². The Bertz CT molecular complexity index is 1090. The molecule has 0 aliphatic heterocycles. The number of quaternary nitrogens is 1. The van der Waals surface area contributed by atoms with Crippen molar-refractivity contribution in [2.75, 3.05) is 6.54 Å². The van der Waals surface area contributed by atoms with E-state index in [2.05, 4.69) is 17.2 Å². The van der Waals surface area contributed by atoms with Crippen LogP contribution in [-0.2, 0) is 6.42 Å². The maximum atomic E-state index is 11.7. The third-order valence-corrected chi connectivity index (χ3v) is 6.75. The number of benzene rings is 2. The van der Waals surface area contributed by atoms with Gasteiger partial charge in [0.25, 0.3) is 5.69 Å². The Morgan fingerprint density at radius 1 is 0.816 bits per heavy atom. The number of carbonyl (C=O) groups is 2. The van der Waals surface area contributed by atoms with E-state index in [0.29, 0.717) is 5.69 Å². The van der Waals surface area contributed by atoms with Gasteiger partial charge in [0.2, 0.25) is 0 Å². The summed E-state index contributed by atoms with van der Waals surface area (Å²) >= 11 is 0. The number of nitro groups is 1. The van der Waals surface area contributed by atoms with Crippen molar-refractivity contribution in [3.8, 4) is 0 Å². The number of imide groups is 1. The highest BCUT2D eigenvalue weighted by molar-refractivity contribution is 6.01. The fourth-order valence-corrected chi connectivity index (χ4v) is 4.41. The Kier molecular flexibility index (Phi) is 12.5. The lowest BCUT2D eigenvalue weighted by molar-refractivity contribution is -0.384. The second-order valence-corrected chi connectivity index (χ2v) is 9.42. The van der Waals surface area contributed by atoms with Crippen molar-refractivity contribution in [2.45, 2.75) is 84.5 Å². The highest BCUT2D eigenvalue weighted by Gasteiger charge is 2.46. The zero-order chi connectivity index (χ0) is 28.0. The van der Waals surface area contributed by atoms with Gasteiger partial charge in [-0.25, -0.2) is 0 Å². The summed E-state index contributed by atoms with van der Waals surface area (Å²) in [5, 5.41) is 38.7. The first-order valence-electron chi connectivity index (χ1n) is 13.4. The van der Waals surface area contributed by atoms with Crippen LogP contribution in [0.25, 0.3) is 0 Å². The van der Waals surface area contributed by atoms with Gasteiger partial charge in [0.05, 0.1) is 10.6 Å². The number of hydrogen-bond donors (Lipinski definition) is 2. The van der Waals surface area contributed by atoms with Crippen LogP contribution in [0, 0.1) is 10.1 Å². The summed E-state index contributed by atoms with van der Waals surface area (Å²) in [7, 11) is 0. The number of nitro benzene ring substituents is 1. The zero-order valence-electron chi connectivity index (χ0n) is 22.3. The largest absolute Gasteiger partial charge is 0.529 e. The molecule has 0 heterocycles. The van der Waals surface area contributed by atoms with E-state index in [4.69, 9.17) is 0 Å². The van der Waals surface area contributed by atoms with Crippen LogP contribution in [0.3, 0.4) is 0 Å². The molecule has 0 saturated carbocycles. The molecule has 10 heteroatoms. The summed E-state index contributed by atoms with van der Waals surface area (Å²) in [5.41, 5.74) is 1.22. The monoisotopic (exact) mass is 527 g/mol. The Morgan fingerprint density at radius 3 is 1.87 bits per heavy atom. The number of azo groups is 1. The van der Waals surface area contributed by atoms with Gasteiger partial charge < -0.3 is 10.2 Å². The molecule has 0 spiro atoms. The average Bonchev–Trinajstić information content (AvgIpc) is 2.89. The van der Waals surface area contributed by atoms with Gasteiger partial charge in [-0.1, -0.05) is 75.3 Å². The molecule has 2 N–H and O–H groups in total. The molecule has 0 aliphatic carbocycles. The van der Waals surface area contributed by atoms with Gasteiger partial charge in [-0.3, -0.25) is 10.1 Å². The van der Waals surface area contributed by atoms with E-state index >= 15 is 0 Å². The second kappa shape index (κ2) is 15.6. The number of aryl methyl sites for hydroxylation is 1. The van der Waals surface area contributed by atoms with Crippen LogP contribution in [-0.4, -0.2) is 33.9 Å². The molecule has 2 amide bonds. The molecule has 0 unspecified atom stereocenters. The minimum absolute atomic E-state index is 0.0498. The summed E-state index contributed by atoms with van der Waals surface area (Å²) in [6, 6.07) is 10.5. The first-order chi connectivity index (χ1) is 18.3. The first-order valence-corrected chi connectivity index (χ1v) is 13.4. The SMILES string of the molecule is CCCCCCCCCCCCc1ccc(N=Nc2ccc([N+](CC)(C(=O)O)C(=O)O)cc2)c([N+](=O)[O-])c1. The van der Waals surface area contributed by atoms with Crippen LogP contribution in [0.5, 0.6) is 0 Å². The van der Waals surface area contributed by atoms with Crippen molar-refractivity contribution in [3.05, 3.63) is 58.1 Å². The highest BCUT2D eigenvalue weighted by Crippen LogP contribution is 2.32. The van der Waals surface area contributed by atoms with Gasteiger partial charge in [-0.15, -0.1) is 5.11 Å². The molecule has 0 bridgehead atoms. The molecule has 2 aromatic carbocycles. The molecule has 0 fully saturated rings. The number of rotatable bonds is 16. The number of carboxylic acid groups (broad SMARTS) is 2. The van der Waals surface area contributed by atoms with Crippen LogP contribution < -0.4 is 4.48 Å². The van der Waals surface area contributed by atoms with Gasteiger partial charge in [-0.2, -0.15) is 14.7 Å². The second-order valence-electron chi connectivity index (χ2n) is 9.42. The number of unbranched alkanes of at least 4 members (excludes halogenated alkanes) is 9. The quantitative estimate of drug-likeness (QED) is 0.0732. The average molecular weight is 528 g/mol. The Hall–Kier alpha value is -3.66. The third kappa shape index (κ3) is 8.44. The minimum atomic E-state index is -1.51. The lowest BCUT2D eigenvalue weighted by atomic mass is 10.0. The molecule has 206 valence electrons. The van der Waals surface area contributed by atoms with Crippen molar-refractivity contribution >= 4 is 34.9 Å². The van der Waals surface area contributed by atoms with Crippen molar-refractivity contribution in [3.63, 3.8) is 0 Å². The van der Waals surface area contributed by atoms with Crippen LogP contribution in [0.1, 0.15) is 83.6 Å². The summed E-state index contributed by atoms with van der Waals surface area (Å²) in [6.45, 7) is 3.50. The van der Waals surface area contributed by atoms with E-state index in [1.807, 2.05) is 6.07 Å². The van der Waals surface area contributed by atoms with Crippen LogP contribution in [0.15, 0.2) is 52.7 Å². The standard InChI is InChI=1S/C28H38N4O6/c1-3-5-6-7-8-9-10-11-12-13-14-22-15-20-25(26(21-22)31(37)38)30-29-23-16-18-24(19-17-23)32(4-2,27(33)34)28(35)36/h15-21H,3-14H2,1-2H3,(H-,33,34,35,36)/p+1. The highest BCUT2D eigenvalue weighted by atomic mass is 16.6. The maximum absolute atomic E-state index is 11.7. The van der Waals surface area contributed by atoms with E-state index in [1.54, 1.807) is 6.07 Å². The molecule has 0 aliphatic rings. The molecule has 38 heavy (non-hydrogen) atoms. The first kappa shape index (κ1) is 30.6. The molecule has 0 radical (unpaired) electrons. The topological polar surface area (TPSA) is 142 Å². The summed E-state index contributed by atoms with van der Waals surface area (Å²) in [6.07, 6.45) is 10.0. The predicted octanol–water partition coefficient (Wildman–Crippen LogP) is 9.16. The molecule has 0 atom stereocenters. The number of amides is 2. The van der Waals surface area contributed by atoms with E-state index in [-0.39, 0.29) is 23.6 Å². The molecule has 2 rings (SSSR count). The van der Waals surface area contributed by atoms with Gasteiger partial charge >= 0.3 is 12.2 Å². The third-order valence-electron chi connectivity index (χ3n) is 6.75. The fourth-order valence-electron chi connectivity index (χ4n) is 4.41. The van der Waals surface area contributed by atoms with Gasteiger partial charge in [0.15, 0.2) is 11.4 Å². The van der Waals surface area contributed by atoms with Crippen molar-refractivity contribution < 1.29 is 24.7 Å². The van der Waals surface area contributed by atoms with Gasteiger partial charge in [0, 0.05) is 18.2 Å². The van der Waals surface area contributed by atoms with Crippen molar-refractivity contribution in [2.24, 2.45) is 10.2 Å². The molecule has 10 nitrogen and oxygen atoms in total. The van der Waals surface area contributed by atoms with Crippen LogP contribution in [0.4, 0.5) is 32.3 Å². The molecule has 0 saturated heterocycles. The molecular formula is C28H39N4O6+. The van der Waals surface area contributed by atoms with Crippen molar-refractivity contribution in [1.29, 1.82) is 0 Å². The van der Waals surface area contributed by atoms with Gasteiger partial charge in [-0.05, 0) is 43.5 Å². The normalized spacial score (nSPS) is 11.6. The smallest absolute Gasteiger partial charge is 0.435 e. The Balaban J connectivity index is 1.97. The van der Waals surface area contributed by atoms with Crippen LogP contribution >= 0.6 is 0 Å². The lowest BCUT2D eigenvalue weighted by Crippen LogP contribution is -2.57. The molecule has 2 aromatic rings. The number of nitrogens with zero attached hydrogens (tertiary/aromatic N) is 4. The maximum Gasteiger partial charge on any atom is 0.529 e. The summed E-state index contributed by atoms with van der Waals surface area (Å²) in [5.74, 6) is 0. The lowest BCUT2D eigenvalue weighted by Gasteiger charge is -2.24. The minimum Gasteiger partial charge on any atom is -0.435 e. The van der Waals surface area contributed by atoms with E-state index < -0.39 is 21.6 Å². The predicted molar refractivity (Wildman–Crippen MR) is 148 cm³/mol. The fraction of sp³-hybridized carbons (Fsp3) is 0.500. The summed E-state index contributed by atoms with van der Waals surface area (Å²) in [4.78, 5) is 34.5. The Morgan fingerprint density at radius 2 is 1.37 bits per heavy atom. The van der Waals surface area contributed by atoms with E-state index in [0.717, 1.165) is 24.8 Å². The van der Waals surface area contributed by atoms with E-state index in [9.17, 15) is 29.9 Å². The molecule has 0 aromatic heterocycles. The van der Waals surface area contributed by atoms with Gasteiger partial charge in [0.1, 0.15) is 6.54 Å². The van der Waals surface area contributed by atoms with Crippen molar-refractivity contribution in [1.82, 2.24) is 4.48 Å². The Labute approximate surface area is 223 Å². The van der Waals surface area contributed by atoms with Crippen LogP contribution in [0.2, 0.25) is 0 Å². The summed E-state index contributed by atoms with van der Waals surface area (Å²) < 4.78 is -1.27. The molecular weight excluding hydrogens is 488 g/mol. The zero-order valence-corrected chi connectivity index (χ0v) is 22.3. The number of hydrogen-bond acceptors (Lipinski definition) is 6.